The first kappa shape index (κ1) is 18.6. The van der Waals surface area contributed by atoms with Gasteiger partial charge in [0.2, 0.25) is 0 Å². The maximum Gasteiger partial charge on any atom is 0.337 e. The minimum atomic E-state index is -0.930. The van der Waals surface area contributed by atoms with Crippen LogP contribution in [0, 0.1) is 5.92 Å². The zero-order chi connectivity index (χ0) is 20.8. The molecule has 3 aromatic rings. The summed E-state index contributed by atoms with van der Waals surface area (Å²) in [6.07, 6.45) is 0.912. The standard InChI is InChI=1S/C25H23NO4/c1-29-20-12-6-10-17(24(20)30-2)23-19-13-14-7-3-4-8-15(14)21(19)16-9-5-11-18(25(27)28)22(16)26-23/h3-12,19,21,23,26H,13H2,1-2H3,(H,27,28)/t19-,21-,23+/m0/s1. The molecule has 0 saturated heterocycles. The van der Waals surface area contributed by atoms with Crippen molar-refractivity contribution in [2.45, 2.75) is 18.4 Å². The van der Waals surface area contributed by atoms with Crippen LogP contribution in [0.3, 0.4) is 0 Å². The fourth-order valence-electron chi connectivity index (χ4n) is 5.23. The first-order chi connectivity index (χ1) is 14.6. The Morgan fingerprint density at radius 1 is 0.933 bits per heavy atom. The summed E-state index contributed by atoms with van der Waals surface area (Å²) in [6, 6.07) is 19.8. The highest BCUT2D eigenvalue weighted by molar-refractivity contribution is 5.96. The number of hydrogen-bond acceptors (Lipinski definition) is 4. The van der Waals surface area contributed by atoms with E-state index in [1.165, 1.54) is 11.1 Å². The molecule has 0 saturated carbocycles. The van der Waals surface area contributed by atoms with Crippen LogP contribution in [0.25, 0.3) is 0 Å². The zero-order valence-corrected chi connectivity index (χ0v) is 16.9. The van der Waals surface area contributed by atoms with Crippen molar-refractivity contribution in [3.63, 3.8) is 0 Å². The fourth-order valence-corrected chi connectivity index (χ4v) is 5.23. The Morgan fingerprint density at radius 2 is 1.67 bits per heavy atom. The van der Waals surface area contributed by atoms with Crippen LogP contribution in [0.15, 0.2) is 60.7 Å². The second-order valence-corrected chi connectivity index (χ2v) is 7.82. The Labute approximate surface area is 175 Å². The molecule has 0 amide bonds. The van der Waals surface area contributed by atoms with E-state index in [4.69, 9.17) is 9.47 Å². The highest BCUT2D eigenvalue weighted by Crippen LogP contribution is 2.56. The molecule has 30 heavy (non-hydrogen) atoms. The van der Waals surface area contributed by atoms with Gasteiger partial charge in [-0.2, -0.15) is 0 Å². The van der Waals surface area contributed by atoms with Gasteiger partial charge in [0.25, 0.3) is 0 Å². The first-order valence-corrected chi connectivity index (χ1v) is 10.1. The van der Waals surface area contributed by atoms with E-state index in [0.717, 1.165) is 17.5 Å². The summed E-state index contributed by atoms with van der Waals surface area (Å²) in [4.78, 5) is 12.0. The first-order valence-electron chi connectivity index (χ1n) is 10.1. The summed E-state index contributed by atoms with van der Waals surface area (Å²) in [5, 5.41) is 13.4. The smallest absolute Gasteiger partial charge is 0.337 e. The van der Waals surface area contributed by atoms with Crippen LogP contribution in [0.1, 0.15) is 44.6 Å². The van der Waals surface area contributed by atoms with Gasteiger partial charge in [0, 0.05) is 11.5 Å². The number of carbonyl (C=O) groups is 1. The highest BCUT2D eigenvalue weighted by atomic mass is 16.5. The van der Waals surface area contributed by atoms with Crippen LogP contribution >= 0.6 is 0 Å². The topological polar surface area (TPSA) is 67.8 Å². The number of fused-ring (bicyclic) bond motifs is 5. The van der Waals surface area contributed by atoms with Crippen LogP contribution in [0.5, 0.6) is 11.5 Å². The number of rotatable bonds is 4. The van der Waals surface area contributed by atoms with Crippen molar-refractivity contribution < 1.29 is 19.4 Å². The molecular weight excluding hydrogens is 378 g/mol. The lowest BCUT2D eigenvalue weighted by molar-refractivity contribution is 0.0697. The summed E-state index contributed by atoms with van der Waals surface area (Å²) in [5.74, 6) is 0.780. The van der Waals surface area contributed by atoms with Crippen LogP contribution in [-0.2, 0) is 6.42 Å². The van der Waals surface area contributed by atoms with E-state index in [2.05, 4.69) is 29.6 Å². The second kappa shape index (κ2) is 7.10. The Balaban J connectivity index is 1.74. The van der Waals surface area contributed by atoms with Crippen molar-refractivity contribution >= 4 is 11.7 Å². The predicted molar refractivity (Wildman–Crippen MR) is 115 cm³/mol. The van der Waals surface area contributed by atoms with Crippen molar-refractivity contribution in [1.29, 1.82) is 0 Å². The van der Waals surface area contributed by atoms with Crippen molar-refractivity contribution in [3.05, 3.63) is 88.5 Å². The SMILES string of the molecule is COc1cccc([C@H]2Nc3c(C(=O)O)cccc3[C@@H]3c4ccccc4C[C@@H]32)c1OC. The molecular formula is C25H23NO4. The number of para-hydroxylation sites is 2. The van der Waals surface area contributed by atoms with E-state index in [9.17, 15) is 9.90 Å². The summed E-state index contributed by atoms with van der Waals surface area (Å²) in [6.45, 7) is 0. The van der Waals surface area contributed by atoms with Gasteiger partial charge in [-0.25, -0.2) is 4.79 Å². The largest absolute Gasteiger partial charge is 0.493 e. The minimum absolute atomic E-state index is 0.111. The number of anilines is 1. The molecule has 3 atom stereocenters. The van der Waals surface area contributed by atoms with Crippen LogP contribution < -0.4 is 14.8 Å². The summed E-state index contributed by atoms with van der Waals surface area (Å²) < 4.78 is 11.3. The average Bonchev–Trinajstić information content (AvgIpc) is 3.17. The van der Waals surface area contributed by atoms with E-state index in [-0.39, 0.29) is 17.9 Å². The van der Waals surface area contributed by atoms with E-state index in [1.54, 1.807) is 20.3 Å². The molecule has 0 radical (unpaired) electrons. The lowest BCUT2D eigenvalue weighted by atomic mass is 9.74. The van der Waals surface area contributed by atoms with Crippen molar-refractivity contribution in [2.24, 2.45) is 5.92 Å². The molecule has 1 aliphatic heterocycles. The summed E-state index contributed by atoms with van der Waals surface area (Å²) in [7, 11) is 3.27. The normalized spacial score (nSPS) is 21.1. The Morgan fingerprint density at radius 3 is 2.43 bits per heavy atom. The minimum Gasteiger partial charge on any atom is -0.493 e. The molecule has 0 spiro atoms. The molecule has 0 fully saturated rings. The van der Waals surface area contributed by atoms with Gasteiger partial charge in [0.15, 0.2) is 11.5 Å². The third kappa shape index (κ3) is 2.65. The van der Waals surface area contributed by atoms with Gasteiger partial charge in [-0.15, -0.1) is 0 Å². The number of carboxylic acids is 1. The molecule has 0 bridgehead atoms. The van der Waals surface area contributed by atoms with Gasteiger partial charge in [-0.1, -0.05) is 48.5 Å². The Kier molecular flexibility index (Phi) is 4.39. The van der Waals surface area contributed by atoms with E-state index >= 15 is 0 Å². The summed E-state index contributed by atoms with van der Waals surface area (Å²) >= 11 is 0. The van der Waals surface area contributed by atoms with E-state index in [1.807, 2.05) is 30.3 Å². The molecule has 0 aromatic heterocycles. The molecule has 5 nitrogen and oxygen atoms in total. The molecule has 0 unspecified atom stereocenters. The van der Waals surface area contributed by atoms with Crippen LogP contribution in [0.4, 0.5) is 5.69 Å². The average molecular weight is 401 g/mol. The molecule has 152 valence electrons. The molecule has 2 aliphatic rings. The van der Waals surface area contributed by atoms with E-state index in [0.29, 0.717) is 22.7 Å². The second-order valence-electron chi connectivity index (χ2n) is 7.82. The fraction of sp³-hybridized carbons (Fsp3) is 0.240. The van der Waals surface area contributed by atoms with Gasteiger partial charge in [0.05, 0.1) is 31.5 Å². The third-order valence-corrected chi connectivity index (χ3v) is 6.43. The van der Waals surface area contributed by atoms with Crippen LogP contribution in [-0.4, -0.2) is 25.3 Å². The number of aromatic carboxylic acids is 1. The Hall–Kier alpha value is -3.47. The lowest BCUT2D eigenvalue weighted by Gasteiger charge is -2.39. The maximum absolute atomic E-state index is 12.0. The monoisotopic (exact) mass is 401 g/mol. The lowest BCUT2D eigenvalue weighted by Crippen LogP contribution is -2.31. The van der Waals surface area contributed by atoms with Crippen molar-refractivity contribution in [3.8, 4) is 11.5 Å². The molecule has 3 aromatic carbocycles. The van der Waals surface area contributed by atoms with Gasteiger partial charge >= 0.3 is 5.97 Å². The molecule has 1 aliphatic carbocycles. The van der Waals surface area contributed by atoms with Gasteiger partial charge in [0.1, 0.15) is 0 Å². The van der Waals surface area contributed by atoms with Gasteiger partial charge in [-0.3, -0.25) is 0 Å². The molecule has 5 rings (SSSR count). The van der Waals surface area contributed by atoms with Gasteiger partial charge < -0.3 is 19.9 Å². The number of nitrogens with one attached hydrogen (secondary N) is 1. The number of benzene rings is 3. The summed E-state index contributed by atoms with van der Waals surface area (Å²) in [5.41, 5.74) is 5.60. The van der Waals surface area contributed by atoms with Gasteiger partial charge in [-0.05, 0) is 41.2 Å². The molecule has 2 N–H and O–H groups in total. The number of hydrogen-bond donors (Lipinski definition) is 2. The van der Waals surface area contributed by atoms with Crippen LogP contribution in [0.2, 0.25) is 0 Å². The number of methoxy groups -OCH3 is 2. The highest BCUT2D eigenvalue weighted by Gasteiger charge is 2.45. The van der Waals surface area contributed by atoms with E-state index < -0.39 is 5.97 Å². The number of ether oxygens (including phenoxy) is 2. The van der Waals surface area contributed by atoms with Crippen molar-refractivity contribution in [1.82, 2.24) is 0 Å². The maximum atomic E-state index is 12.0. The molecule has 5 heteroatoms. The Bertz CT molecular complexity index is 1140. The predicted octanol–water partition coefficient (Wildman–Crippen LogP) is 4.87. The quantitative estimate of drug-likeness (QED) is 0.653. The number of carboxylic acid groups (broad SMARTS) is 1. The molecule has 1 heterocycles. The third-order valence-electron chi connectivity index (χ3n) is 6.43. The zero-order valence-electron chi connectivity index (χ0n) is 16.9. The van der Waals surface area contributed by atoms with Crippen molar-refractivity contribution in [2.75, 3.05) is 19.5 Å².